The summed E-state index contributed by atoms with van der Waals surface area (Å²) in [6.45, 7) is 12.2. The molecule has 0 radical (unpaired) electrons. The van der Waals surface area contributed by atoms with Crippen molar-refractivity contribution in [3.8, 4) is 22.5 Å². The molecule has 14 aromatic heterocycles. The first-order chi connectivity index (χ1) is 54.0. The SMILES string of the molecule is Cc1c[n+]2c3ccc[n+]4c3c3c(ccc5c3c2n1C5)C4.c1cc2c3c4c(ccc5c4c4n2cc[n+]4C5)C[n+]3c1.c1cc2c3ccc[n+]4c3c3c(ccc5c3c2[n+](c1)C5)C4.c1ccc(-c2c[n+]3c4c5c(ccc6c5c5c(ccc[n+]5C6)n24)C3)cc1.c1ccc(-c2c[n+]3c4ccc[n+]5c4c4c(ccc6c4c3n2C6)C5)cc1. The molecule has 0 amide bonds. The summed E-state index contributed by atoms with van der Waals surface area (Å²) in [7, 11) is 0. The number of aromatic nitrogens is 14. The summed E-state index contributed by atoms with van der Waals surface area (Å²) in [6.07, 6.45) is 24.6. The zero-order valence-electron chi connectivity index (χ0n) is 59.7. The molecule has 0 unspecified atom stereocenters. The molecule has 32 rings (SSSR count). The fourth-order valence-electron chi connectivity index (χ4n) is 22.2. The van der Waals surface area contributed by atoms with Gasteiger partial charge in [0.2, 0.25) is 33.1 Å². The number of imidazole rings is 4. The molecule has 0 aliphatic carbocycles. The van der Waals surface area contributed by atoms with Crippen LogP contribution in [0, 0.1) is 6.92 Å². The van der Waals surface area contributed by atoms with E-state index in [0.717, 1.165) is 65.4 Å². The number of hydrogen-bond acceptors (Lipinski definition) is 0. The lowest BCUT2D eigenvalue weighted by molar-refractivity contribution is -0.660. The van der Waals surface area contributed by atoms with Gasteiger partial charge >= 0.3 is 0 Å². The van der Waals surface area contributed by atoms with Crippen molar-refractivity contribution in [1.29, 1.82) is 0 Å². The molecule has 10 aliphatic heterocycles. The van der Waals surface area contributed by atoms with Crippen LogP contribution in [0.1, 0.15) is 61.3 Å². The third-order valence-electron chi connectivity index (χ3n) is 26.5. The van der Waals surface area contributed by atoms with Gasteiger partial charge in [0.25, 0.3) is 44.7 Å². The van der Waals surface area contributed by atoms with E-state index in [4.69, 9.17) is 0 Å². The van der Waals surface area contributed by atoms with Crippen LogP contribution >= 0.6 is 0 Å². The third-order valence-corrected chi connectivity index (χ3v) is 26.5. The van der Waals surface area contributed by atoms with Crippen LogP contribution in [0.5, 0.6) is 0 Å². The van der Waals surface area contributed by atoms with Gasteiger partial charge in [0.1, 0.15) is 62.9 Å². The van der Waals surface area contributed by atoms with Gasteiger partial charge in [-0.25, -0.2) is 18.3 Å². The normalized spacial score (nSPS) is 14.5. The van der Waals surface area contributed by atoms with Gasteiger partial charge in [0.05, 0.1) is 64.6 Å². The van der Waals surface area contributed by atoms with E-state index < -0.39 is 0 Å². The molecule has 8 aromatic carbocycles. The Hall–Kier alpha value is -13.7. The highest BCUT2D eigenvalue weighted by atomic mass is 15.2. The molecule has 0 saturated heterocycles. The Balaban J connectivity index is 0.0000000735. The molecule has 0 atom stereocenters. The topological polar surface area (TPSA) is 57.9 Å². The minimum atomic E-state index is 0.961. The molecule has 0 spiro atoms. The van der Waals surface area contributed by atoms with Crippen molar-refractivity contribution in [2.45, 2.75) is 72.4 Å². The van der Waals surface area contributed by atoms with Crippen LogP contribution in [0.2, 0.25) is 0 Å². The number of nitrogens with zero attached hydrogens (tertiary/aromatic N) is 14. The van der Waals surface area contributed by atoms with Crippen LogP contribution in [0.3, 0.4) is 0 Å². The van der Waals surface area contributed by atoms with Gasteiger partial charge in [-0.1, -0.05) is 121 Å². The van der Waals surface area contributed by atoms with Gasteiger partial charge in [0.15, 0.2) is 87.8 Å². The lowest BCUT2D eigenvalue weighted by Crippen LogP contribution is -2.33. The highest BCUT2D eigenvalue weighted by Crippen LogP contribution is 2.45. The standard InChI is InChI=1S/2C22H15N3.C18H12N2.C17H13N3.C16H11N3/c1-2-5-14(6-3-1)18-13-25-17-7-4-10-23-11-15-8-9-16-12-24(18)22(25)20(16)19(15)21(17)23;1-2-5-14(6-3-1)18-13-24-12-16-9-8-15-11-23-10-4-7-17-21(23)19(15)20(16)22(24)25(17)18;1-3-13-14-4-2-8-20-10-12-6-5-11-9-19(7-1)17(13)15(11)16(12)18(14)20;1-10-7-20-13-3-2-6-18-8-11-4-5-12-9-19(10)17(20)15(12)14(11)16(13)18;1-2-12-15-13-10(8-17(15)5-1)3-4-11-9-18-6-7-19(12)16(18)14(11)13/h2*1-10,13H,11-12H2;1-8H,9-10H2;2-7H,8-9H2,1H3;1-7H,8-9H2/q5*+2. The summed E-state index contributed by atoms with van der Waals surface area (Å²) in [5.41, 5.74) is 40.2. The fraction of sp³-hybridized carbons (Fsp3) is 0.116. The van der Waals surface area contributed by atoms with Crippen LogP contribution < -0.4 is 45.3 Å². The van der Waals surface area contributed by atoms with Gasteiger partial charge in [-0.15, -0.1) is 0 Å². The lowest BCUT2D eigenvalue weighted by Gasteiger charge is -2.01. The van der Waals surface area contributed by atoms with Gasteiger partial charge in [-0.05, 0) is 36.4 Å². The predicted octanol–water partition coefficient (Wildman–Crippen LogP) is 12.3. The lowest BCUT2D eigenvalue weighted by atomic mass is 9.97. The highest BCUT2D eigenvalue weighted by Gasteiger charge is 2.43. The van der Waals surface area contributed by atoms with Crippen molar-refractivity contribution >= 4 is 142 Å². The Morgan fingerprint density at radius 3 is 1.20 bits per heavy atom. The van der Waals surface area contributed by atoms with Crippen molar-refractivity contribution in [2.24, 2.45) is 0 Å². The van der Waals surface area contributed by atoms with Crippen molar-refractivity contribution in [2.75, 3.05) is 0 Å². The first-order valence-corrected chi connectivity index (χ1v) is 38.5. The summed E-state index contributed by atoms with van der Waals surface area (Å²) in [4.78, 5) is 0. The molecule has 109 heavy (non-hydrogen) atoms. The van der Waals surface area contributed by atoms with E-state index in [0.29, 0.717) is 0 Å². The molecule has 0 fully saturated rings. The van der Waals surface area contributed by atoms with E-state index in [2.05, 4.69) is 332 Å². The van der Waals surface area contributed by atoms with E-state index in [1.165, 1.54) is 226 Å². The maximum Gasteiger partial charge on any atom is 0.296 e. The van der Waals surface area contributed by atoms with E-state index >= 15 is 0 Å². The number of aryl methyl sites for hydroxylation is 1. The van der Waals surface area contributed by atoms with Gasteiger partial charge in [-0.2, -0.15) is 45.0 Å². The second kappa shape index (κ2) is 19.7. The van der Waals surface area contributed by atoms with Crippen LogP contribution in [0.25, 0.3) is 165 Å². The average Bonchev–Trinajstić information content (AvgIpc) is 1.55. The summed E-state index contributed by atoms with van der Waals surface area (Å²) in [5.74, 6) is 0. The Bertz CT molecular complexity index is 8110. The quantitative estimate of drug-likeness (QED) is 0.122. The summed E-state index contributed by atoms with van der Waals surface area (Å²) in [6, 6.07) is 71.2. The molecule has 24 heterocycles. The molecule has 0 bridgehead atoms. The average molecular weight is 1400 g/mol. The van der Waals surface area contributed by atoms with Crippen molar-refractivity contribution in [3.05, 3.63) is 324 Å². The Kier molecular flexibility index (Phi) is 10.2. The largest absolute Gasteiger partial charge is 0.296 e. The third kappa shape index (κ3) is 6.93. The molecule has 506 valence electrons. The molecule has 10 aliphatic rings. The Morgan fingerprint density at radius 2 is 0.651 bits per heavy atom. The second-order valence-corrected chi connectivity index (χ2v) is 31.9. The van der Waals surface area contributed by atoms with E-state index in [-0.39, 0.29) is 0 Å². The van der Waals surface area contributed by atoms with Crippen LogP contribution in [-0.2, 0) is 65.4 Å². The molecular formula is C95H66N14+10. The smallest absolute Gasteiger partial charge is 0.225 e. The minimum Gasteiger partial charge on any atom is -0.225 e. The minimum absolute atomic E-state index is 0.961. The first kappa shape index (κ1) is 56.6. The van der Waals surface area contributed by atoms with Crippen LogP contribution in [0.15, 0.2) is 262 Å². The molecule has 14 nitrogen and oxygen atoms in total. The maximum absolute atomic E-state index is 2.48. The first-order valence-electron chi connectivity index (χ1n) is 38.5. The van der Waals surface area contributed by atoms with E-state index in [1.807, 2.05) is 0 Å². The number of pyridine rings is 10. The number of rotatable bonds is 2. The van der Waals surface area contributed by atoms with E-state index in [9.17, 15) is 0 Å². The van der Waals surface area contributed by atoms with Gasteiger partial charge in [0, 0.05) is 110 Å². The van der Waals surface area contributed by atoms with Gasteiger partial charge in [-0.3, -0.25) is 0 Å². The van der Waals surface area contributed by atoms with Crippen molar-refractivity contribution in [1.82, 2.24) is 17.9 Å². The summed E-state index contributed by atoms with van der Waals surface area (Å²) < 4.78 is 33.7. The molecule has 14 heteroatoms. The zero-order valence-corrected chi connectivity index (χ0v) is 59.7. The van der Waals surface area contributed by atoms with Gasteiger partial charge < -0.3 is 0 Å². The molecule has 0 N–H and O–H groups in total. The number of benzene rings is 8. The van der Waals surface area contributed by atoms with Crippen molar-refractivity contribution < 1.29 is 45.3 Å². The van der Waals surface area contributed by atoms with Crippen LogP contribution in [-0.4, -0.2) is 17.9 Å². The monoisotopic (exact) mass is 1400 g/mol. The van der Waals surface area contributed by atoms with Crippen LogP contribution in [0.4, 0.5) is 0 Å². The van der Waals surface area contributed by atoms with Crippen molar-refractivity contribution in [3.63, 3.8) is 0 Å². The predicted molar refractivity (Wildman–Crippen MR) is 417 cm³/mol. The fourth-order valence-corrected chi connectivity index (χ4v) is 22.2. The second-order valence-electron chi connectivity index (χ2n) is 31.9. The highest BCUT2D eigenvalue weighted by molar-refractivity contribution is 6.24. The zero-order chi connectivity index (χ0) is 70.2. The summed E-state index contributed by atoms with van der Waals surface area (Å²) in [5, 5.41) is 17.5. The summed E-state index contributed by atoms with van der Waals surface area (Å²) >= 11 is 0. The Morgan fingerprint density at radius 1 is 0.266 bits per heavy atom. The Labute approximate surface area is 620 Å². The number of fused-ring (bicyclic) bond motifs is 5. The molecule has 22 aromatic rings. The maximum atomic E-state index is 2.48. The number of hydrogen-bond donors (Lipinski definition) is 0. The van der Waals surface area contributed by atoms with E-state index in [1.54, 1.807) is 0 Å². The molecule has 0 saturated carbocycles. The molecular weight excluding hydrogens is 1340 g/mol.